The Morgan fingerprint density at radius 1 is 1.16 bits per heavy atom. The number of nitrogens with one attached hydrogen (secondary N) is 1. The van der Waals surface area contributed by atoms with Crippen LogP contribution in [0.2, 0.25) is 0 Å². The molecule has 1 aromatic carbocycles. The molecule has 1 amide bonds. The average molecular weight is 455 g/mol. The zero-order valence-corrected chi connectivity index (χ0v) is 19.4. The minimum atomic E-state index is -3.39. The van der Waals surface area contributed by atoms with E-state index in [9.17, 15) is 13.2 Å². The molecular formula is C22H34N2O6S. The van der Waals surface area contributed by atoms with Gasteiger partial charge in [0.25, 0.3) is 0 Å². The molecule has 2 atom stereocenters. The predicted molar refractivity (Wildman–Crippen MR) is 118 cm³/mol. The molecule has 3 rings (SSSR count). The summed E-state index contributed by atoms with van der Waals surface area (Å²) in [5.41, 5.74) is 1.29. The molecule has 2 aliphatic rings. The van der Waals surface area contributed by atoms with E-state index in [0.29, 0.717) is 25.3 Å². The van der Waals surface area contributed by atoms with Crippen molar-refractivity contribution in [2.75, 3.05) is 33.6 Å². The van der Waals surface area contributed by atoms with E-state index < -0.39 is 16.1 Å². The summed E-state index contributed by atoms with van der Waals surface area (Å²) in [6.07, 6.45) is 6.07. The van der Waals surface area contributed by atoms with Gasteiger partial charge in [0.2, 0.25) is 10.0 Å². The van der Waals surface area contributed by atoms with Gasteiger partial charge < -0.3 is 19.1 Å². The van der Waals surface area contributed by atoms with Crippen LogP contribution in [0.1, 0.15) is 50.0 Å². The van der Waals surface area contributed by atoms with Crippen molar-refractivity contribution < 1.29 is 27.4 Å². The van der Waals surface area contributed by atoms with E-state index in [4.69, 9.17) is 14.2 Å². The first kappa shape index (κ1) is 23.8. The minimum absolute atomic E-state index is 0.0992. The molecule has 1 heterocycles. The van der Waals surface area contributed by atoms with Crippen molar-refractivity contribution in [1.29, 1.82) is 0 Å². The first-order valence-electron chi connectivity index (χ1n) is 10.9. The van der Waals surface area contributed by atoms with Crippen molar-refractivity contribution in [2.45, 2.75) is 62.6 Å². The number of hydrogen-bond acceptors (Lipinski definition) is 6. The molecule has 0 bridgehead atoms. The summed E-state index contributed by atoms with van der Waals surface area (Å²) in [4.78, 5) is 13.8. The number of likely N-dealkylation sites (tertiary alicyclic amines) is 1. The maximum atomic E-state index is 12.3. The van der Waals surface area contributed by atoms with E-state index in [1.807, 2.05) is 12.1 Å². The molecule has 8 nitrogen and oxygen atoms in total. The van der Waals surface area contributed by atoms with Crippen LogP contribution in [0.5, 0.6) is 5.75 Å². The Balaban J connectivity index is 1.59. The molecule has 1 saturated heterocycles. The monoisotopic (exact) mass is 454 g/mol. The molecule has 1 aliphatic carbocycles. The molecule has 1 N–H and O–H groups in total. The summed E-state index contributed by atoms with van der Waals surface area (Å²) in [6, 6.07) is 7.46. The largest absolute Gasteiger partial charge is 0.497 e. The van der Waals surface area contributed by atoms with Gasteiger partial charge in [-0.05, 0) is 62.1 Å². The first-order chi connectivity index (χ1) is 14.8. The molecule has 0 aromatic heterocycles. The van der Waals surface area contributed by atoms with Gasteiger partial charge in [0, 0.05) is 12.6 Å². The van der Waals surface area contributed by atoms with Crippen LogP contribution >= 0.6 is 0 Å². The third-order valence-electron chi connectivity index (χ3n) is 6.30. The molecule has 2 fully saturated rings. The summed E-state index contributed by atoms with van der Waals surface area (Å²) in [7, 11) is -0.374. The summed E-state index contributed by atoms with van der Waals surface area (Å²) < 4.78 is 42.8. The molecule has 0 radical (unpaired) electrons. The SMILES string of the molecule is COC(=O)N1CCC[C@H](NS(C)(=O)=O)[C@@H]1COC1CCC(c2cccc(OC)c2)CC1. The number of carbonyl (C=O) groups excluding carboxylic acids is 1. The zero-order chi connectivity index (χ0) is 22.4. The Kier molecular flexibility index (Phi) is 8.18. The lowest BCUT2D eigenvalue weighted by Crippen LogP contribution is -2.59. The topological polar surface area (TPSA) is 94.2 Å². The van der Waals surface area contributed by atoms with Crippen molar-refractivity contribution in [1.82, 2.24) is 9.62 Å². The molecule has 1 saturated carbocycles. The highest BCUT2D eigenvalue weighted by Crippen LogP contribution is 2.35. The highest BCUT2D eigenvalue weighted by atomic mass is 32.2. The van der Waals surface area contributed by atoms with Gasteiger partial charge in [0.15, 0.2) is 0 Å². The van der Waals surface area contributed by atoms with E-state index in [0.717, 1.165) is 37.7 Å². The second-order valence-electron chi connectivity index (χ2n) is 8.45. The third-order valence-corrected chi connectivity index (χ3v) is 7.03. The fourth-order valence-corrected chi connectivity index (χ4v) is 5.54. The van der Waals surface area contributed by atoms with Crippen LogP contribution in [0.4, 0.5) is 4.79 Å². The fraction of sp³-hybridized carbons (Fsp3) is 0.682. The van der Waals surface area contributed by atoms with Crippen LogP contribution in [0.25, 0.3) is 0 Å². The van der Waals surface area contributed by atoms with Crippen molar-refractivity contribution in [2.24, 2.45) is 0 Å². The van der Waals surface area contributed by atoms with Crippen LogP contribution < -0.4 is 9.46 Å². The number of methoxy groups -OCH3 is 2. The van der Waals surface area contributed by atoms with E-state index in [1.54, 1.807) is 12.0 Å². The lowest BCUT2D eigenvalue weighted by Gasteiger charge is -2.41. The Morgan fingerprint density at radius 3 is 2.55 bits per heavy atom. The highest BCUT2D eigenvalue weighted by Gasteiger charge is 2.37. The maximum Gasteiger partial charge on any atom is 0.409 e. The highest BCUT2D eigenvalue weighted by molar-refractivity contribution is 7.88. The van der Waals surface area contributed by atoms with Crippen molar-refractivity contribution >= 4 is 16.1 Å². The third kappa shape index (κ3) is 6.57. The molecular weight excluding hydrogens is 420 g/mol. The number of carbonyl (C=O) groups is 1. The number of ether oxygens (including phenoxy) is 3. The summed E-state index contributed by atoms with van der Waals surface area (Å²) in [6.45, 7) is 0.821. The van der Waals surface area contributed by atoms with Crippen molar-refractivity contribution in [3.05, 3.63) is 29.8 Å². The Hall–Kier alpha value is -1.84. The second-order valence-corrected chi connectivity index (χ2v) is 10.2. The van der Waals surface area contributed by atoms with Crippen LogP contribution in [-0.4, -0.2) is 71.2 Å². The van der Waals surface area contributed by atoms with E-state index in [1.165, 1.54) is 12.7 Å². The summed E-state index contributed by atoms with van der Waals surface area (Å²) in [5, 5.41) is 0. The molecule has 1 aromatic rings. The van der Waals surface area contributed by atoms with Crippen LogP contribution in [0.15, 0.2) is 24.3 Å². The number of sulfonamides is 1. The Labute approximate surface area is 185 Å². The minimum Gasteiger partial charge on any atom is -0.497 e. The van der Waals surface area contributed by atoms with E-state index in [2.05, 4.69) is 16.9 Å². The van der Waals surface area contributed by atoms with Gasteiger partial charge in [-0.1, -0.05) is 12.1 Å². The maximum absolute atomic E-state index is 12.3. The summed E-state index contributed by atoms with van der Waals surface area (Å²) >= 11 is 0. The lowest BCUT2D eigenvalue weighted by molar-refractivity contribution is -0.0245. The van der Waals surface area contributed by atoms with Gasteiger partial charge in [-0.2, -0.15) is 0 Å². The van der Waals surface area contributed by atoms with Crippen LogP contribution in [0, 0.1) is 0 Å². The van der Waals surface area contributed by atoms with E-state index in [-0.39, 0.29) is 24.8 Å². The number of amides is 1. The standard InChI is InChI=1S/C22H34N2O6S/c1-28-19-7-4-6-17(14-19)16-9-11-18(12-10-16)30-15-21-20(23-31(3,26)27)8-5-13-24(21)22(25)29-2/h4,6-7,14,16,18,20-21,23H,5,8-13,15H2,1-3H3/t16?,18?,20-,21-/m0/s1. The zero-order valence-electron chi connectivity index (χ0n) is 18.6. The van der Waals surface area contributed by atoms with Crippen LogP contribution in [-0.2, 0) is 19.5 Å². The van der Waals surface area contributed by atoms with Gasteiger partial charge in [0.1, 0.15) is 5.75 Å². The first-order valence-corrected chi connectivity index (χ1v) is 12.8. The number of benzene rings is 1. The lowest BCUT2D eigenvalue weighted by atomic mass is 9.82. The number of nitrogens with zero attached hydrogens (tertiary/aromatic N) is 1. The van der Waals surface area contributed by atoms with Crippen molar-refractivity contribution in [3.8, 4) is 5.75 Å². The smallest absolute Gasteiger partial charge is 0.409 e. The quantitative estimate of drug-likeness (QED) is 0.681. The van der Waals surface area contributed by atoms with Gasteiger partial charge >= 0.3 is 6.09 Å². The molecule has 1 aliphatic heterocycles. The van der Waals surface area contributed by atoms with Gasteiger partial charge in [-0.25, -0.2) is 17.9 Å². The molecule has 31 heavy (non-hydrogen) atoms. The number of rotatable bonds is 7. The average Bonchev–Trinajstić information content (AvgIpc) is 2.77. The normalized spacial score (nSPS) is 27.0. The van der Waals surface area contributed by atoms with E-state index >= 15 is 0 Å². The summed E-state index contributed by atoms with van der Waals surface area (Å²) in [5.74, 6) is 1.36. The van der Waals surface area contributed by atoms with Gasteiger partial charge in [-0.3, -0.25) is 0 Å². The predicted octanol–water partition coefficient (Wildman–Crippen LogP) is 2.89. The van der Waals surface area contributed by atoms with Crippen LogP contribution in [0.3, 0.4) is 0 Å². The number of piperidine rings is 1. The fourth-order valence-electron chi connectivity index (χ4n) is 4.71. The Bertz CT molecular complexity index is 838. The molecule has 0 spiro atoms. The molecule has 0 unspecified atom stereocenters. The Morgan fingerprint density at radius 2 is 1.90 bits per heavy atom. The molecule has 9 heteroatoms. The number of hydrogen-bond donors (Lipinski definition) is 1. The van der Waals surface area contributed by atoms with Gasteiger partial charge in [0.05, 0.1) is 39.2 Å². The van der Waals surface area contributed by atoms with Gasteiger partial charge in [-0.15, -0.1) is 0 Å². The van der Waals surface area contributed by atoms with Crippen molar-refractivity contribution in [3.63, 3.8) is 0 Å². The second kappa shape index (κ2) is 10.7. The molecule has 174 valence electrons.